The van der Waals surface area contributed by atoms with Gasteiger partial charge in [-0.15, -0.1) is 0 Å². The van der Waals surface area contributed by atoms with Gasteiger partial charge in [0.25, 0.3) is 0 Å². The van der Waals surface area contributed by atoms with Crippen molar-refractivity contribution < 1.29 is 15.0 Å². The Bertz CT molecular complexity index is 404. The fourth-order valence-corrected chi connectivity index (χ4v) is 2.49. The summed E-state index contributed by atoms with van der Waals surface area (Å²) >= 11 is 0. The number of hydrogen-bond donors (Lipinski definition) is 2. The Morgan fingerprint density at radius 1 is 1.33 bits per heavy atom. The fraction of sp³-hybridized carbons (Fsp3) is 0.533. The van der Waals surface area contributed by atoms with Crippen molar-refractivity contribution in [2.45, 2.75) is 44.6 Å². The van der Waals surface area contributed by atoms with E-state index < -0.39 is 5.97 Å². The smallest absolute Gasteiger partial charge is 0.303 e. The Kier molecular flexibility index (Phi) is 4.02. The molecule has 1 saturated carbocycles. The number of benzene rings is 1. The fourth-order valence-electron chi connectivity index (χ4n) is 2.49. The van der Waals surface area contributed by atoms with E-state index in [1.807, 2.05) is 24.3 Å². The lowest BCUT2D eigenvalue weighted by Gasteiger charge is -2.15. The van der Waals surface area contributed by atoms with Crippen molar-refractivity contribution in [2.75, 3.05) is 0 Å². The number of carboxylic acid groups (broad SMARTS) is 1. The van der Waals surface area contributed by atoms with Crippen LogP contribution in [0.25, 0.3) is 0 Å². The summed E-state index contributed by atoms with van der Waals surface area (Å²) in [5, 5.41) is 18.3. The van der Waals surface area contributed by atoms with Gasteiger partial charge in [0.15, 0.2) is 0 Å². The zero-order valence-electron chi connectivity index (χ0n) is 10.7. The molecule has 1 aliphatic carbocycles. The zero-order chi connectivity index (χ0) is 13.1. The molecular weight excluding hydrogens is 228 g/mol. The predicted octanol–water partition coefficient (Wildman–Crippen LogP) is 2.58. The first kappa shape index (κ1) is 13.1. The van der Waals surface area contributed by atoms with E-state index in [1.165, 1.54) is 0 Å². The summed E-state index contributed by atoms with van der Waals surface area (Å²) in [7, 11) is 0. The molecule has 1 aliphatic rings. The number of carbonyl (C=O) groups is 1. The van der Waals surface area contributed by atoms with Gasteiger partial charge < -0.3 is 10.2 Å². The Balaban J connectivity index is 2.08. The first-order valence-corrected chi connectivity index (χ1v) is 6.55. The van der Waals surface area contributed by atoms with Gasteiger partial charge in [0.2, 0.25) is 0 Å². The van der Waals surface area contributed by atoms with Gasteiger partial charge in [-0.2, -0.15) is 0 Å². The van der Waals surface area contributed by atoms with Crippen LogP contribution in [0.5, 0.6) is 0 Å². The maximum atomic E-state index is 10.9. The van der Waals surface area contributed by atoms with Crippen molar-refractivity contribution in [1.82, 2.24) is 0 Å². The molecule has 0 radical (unpaired) electrons. The van der Waals surface area contributed by atoms with Crippen LogP contribution in [-0.2, 0) is 11.2 Å². The SMILES string of the molecule is CC(O)Cc1ccc(C(CC(=O)O)C2CC2)cc1. The van der Waals surface area contributed by atoms with E-state index in [2.05, 4.69) is 0 Å². The molecule has 3 nitrogen and oxygen atoms in total. The van der Waals surface area contributed by atoms with Crippen molar-refractivity contribution in [3.63, 3.8) is 0 Å². The maximum absolute atomic E-state index is 10.9. The number of hydrogen-bond acceptors (Lipinski definition) is 2. The Morgan fingerprint density at radius 3 is 2.39 bits per heavy atom. The van der Waals surface area contributed by atoms with Crippen LogP contribution in [0, 0.1) is 5.92 Å². The van der Waals surface area contributed by atoms with Crippen molar-refractivity contribution >= 4 is 5.97 Å². The van der Waals surface area contributed by atoms with Crippen LogP contribution in [0.3, 0.4) is 0 Å². The summed E-state index contributed by atoms with van der Waals surface area (Å²) in [5.41, 5.74) is 2.22. The molecule has 98 valence electrons. The van der Waals surface area contributed by atoms with Crippen molar-refractivity contribution in [2.24, 2.45) is 5.92 Å². The van der Waals surface area contributed by atoms with Gasteiger partial charge in [-0.25, -0.2) is 0 Å². The second-order valence-electron chi connectivity index (χ2n) is 5.34. The van der Waals surface area contributed by atoms with Gasteiger partial charge in [0.1, 0.15) is 0 Å². The molecule has 0 amide bonds. The van der Waals surface area contributed by atoms with Gasteiger partial charge in [-0.05, 0) is 49.1 Å². The van der Waals surface area contributed by atoms with Crippen LogP contribution in [0.15, 0.2) is 24.3 Å². The minimum Gasteiger partial charge on any atom is -0.481 e. The zero-order valence-corrected chi connectivity index (χ0v) is 10.7. The van der Waals surface area contributed by atoms with E-state index in [-0.39, 0.29) is 18.4 Å². The van der Waals surface area contributed by atoms with E-state index in [9.17, 15) is 9.90 Å². The monoisotopic (exact) mass is 248 g/mol. The van der Waals surface area contributed by atoms with Crippen LogP contribution in [0.2, 0.25) is 0 Å². The summed E-state index contributed by atoms with van der Waals surface area (Å²) in [6, 6.07) is 8.03. The van der Waals surface area contributed by atoms with Gasteiger partial charge >= 0.3 is 5.97 Å². The molecule has 0 bridgehead atoms. The normalized spacial score (nSPS) is 18.3. The van der Waals surface area contributed by atoms with Crippen molar-refractivity contribution in [3.8, 4) is 0 Å². The highest BCUT2D eigenvalue weighted by Crippen LogP contribution is 2.44. The second-order valence-corrected chi connectivity index (χ2v) is 5.34. The van der Waals surface area contributed by atoms with Crippen molar-refractivity contribution in [1.29, 1.82) is 0 Å². The molecular formula is C15H20O3. The number of rotatable bonds is 6. The van der Waals surface area contributed by atoms with E-state index in [0.29, 0.717) is 12.3 Å². The lowest BCUT2D eigenvalue weighted by atomic mass is 9.90. The number of carboxylic acids is 1. The number of aliphatic carboxylic acids is 1. The van der Waals surface area contributed by atoms with Gasteiger partial charge in [0, 0.05) is 0 Å². The second kappa shape index (κ2) is 5.53. The predicted molar refractivity (Wildman–Crippen MR) is 69.5 cm³/mol. The molecule has 18 heavy (non-hydrogen) atoms. The molecule has 0 spiro atoms. The lowest BCUT2D eigenvalue weighted by molar-refractivity contribution is -0.137. The standard InChI is InChI=1S/C15H20O3/c1-10(16)8-11-2-4-12(5-3-11)14(9-15(17)18)13-6-7-13/h2-5,10,13-14,16H,6-9H2,1H3,(H,17,18). The summed E-state index contributed by atoms with van der Waals surface area (Å²) < 4.78 is 0. The summed E-state index contributed by atoms with van der Waals surface area (Å²) in [4.78, 5) is 10.9. The van der Waals surface area contributed by atoms with E-state index in [1.54, 1.807) is 6.92 Å². The quantitative estimate of drug-likeness (QED) is 0.813. The van der Waals surface area contributed by atoms with Crippen LogP contribution in [0.4, 0.5) is 0 Å². The molecule has 2 N–H and O–H groups in total. The molecule has 2 rings (SSSR count). The first-order chi connectivity index (χ1) is 8.56. The minimum atomic E-state index is -0.722. The third-order valence-corrected chi connectivity index (χ3v) is 3.52. The van der Waals surface area contributed by atoms with Crippen LogP contribution in [-0.4, -0.2) is 22.3 Å². The molecule has 2 unspecified atom stereocenters. The van der Waals surface area contributed by atoms with Crippen LogP contribution >= 0.6 is 0 Å². The van der Waals surface area contributed by atoms with Crippen LogP contribution < -0.4 is 0 Å². The van der Waals surface area contributed by atoms with Gasteiger partial charge in [-0.1, -0.05) is 24.3 Å². The summed E-state index contributed by atoms with van der Waals surface area (Å²) in [5.74, 6) is -0.0215. The summed E-state index contributed by atoms with van der Waals surface area (Å²) in [6.45, 7) is 1.77. The molecule has 0 heterocycles. The third kappa shape index (κ3) is 3.57. The van der Waals surface area contributed by atoms with E-state index >= 15 is 0 Å². The Morgan fingerprint density at radius 2 is 1.94 bits per heavy atom. The van der Waals surface area contributed by atoms with Crippen LogP contribution in [0.1, 0.15) is 43.2 Å². The molecule has 0 saturated heterocycles. The molecule has 1 aromatic rings. The highest BCUT2D eigenvalue weighted by atomic mass is 16.4. The average molecular weight is 248 g/mol. The molecule has 1 fully saturated rings. The Labute approximate surface area is 107 Å². The number of aliphatic hydroxyl groups excluding tert-OH is 1. The highest BCUT2D eigenvalue weighted by molar-refractivity contribution is 5.68. The molecule has 0 aromatic heterocycles. The lowest BCUT2D eigenvalue weighted by Crippen LogP contribution is -2.09. The first-order valence-electron chi connectivity index (χ1n) is 6.55. The van der Waals surface area contributed by atoms with Gasteiger partial charge in [0.05, 0.1) is 12.5 Å². The van der Waals surface area contributed by atoms with E-state index in [4.69, 9.17) is 5.11 Å². The molecule has 0 aliphatic heterocycles. The summed E-state index contributed by atoms with van der Waals surface area (Å²) in [6.07, 6.45) is 2.82. The molecule has 3 heteroatoms. The molecule has 1 aromatic carbocycles. The largest absolute Gasteiger partial charge is 0.481 e. The third-order valence-electron chi connectivity index (χ3n) is 3.52. The number of aliphatic hydroxyl groups is 1. The maximum Gasteiger partial charge on any atom is 0.303 e. The molecule has 2 atom stereocenters. The van der Waals surface area contributed by atoms with Crippen molar-refractivity contribution in [3.05, 3.63) is 35.4 Å². The Hall–Kier alpha value is -1.35. The minimum absolute atomic E-state index is 0.156. The average Bonchev–Trinajstić information content (AvgIpc) is 3.10. The van der Waals surface area contributed by atoms with E-state index in [0.717, 1.165) is 24.0 Å². The topological polar surface area (TPSA) is 57.5 Å². The van der Waals surface area contributed by atoms with Gasteiger partial charge in [-0.3, -0.25) is 4.79 Å². The highest BCUT2D eigenvalue weighted by Gasteiger charge is 2.33.